The Balaban J connectivity index is 2.23. The van der Waals surface area contributed by atoms with Crippen LogP contribution < -0.4 is 0 Å². The second-order valence-electron chi connectivity index (χ2n) is 3.62. The summed E-state index contributed by atoms with van der Waals surface area (Å²) in [7, 11) is 0. The van der Waals surface area contributed by atoms with Gasteiger partial charge in [0, 0.05) is 18.5 Å². The molecular formula is C14H13NO. The Morgan fingerprint density at radius 1 is 1.06 bits per heavy atom. The molecule has 0 fully saturated rings. The predicted molar refractivity (Wildman–Crippen MR) is 65.2 cm³/mol. The Morgan fingerprint density at radius 3 is 2.31 bits per heavy atom. The van der Waals surface area contributed by atoms with Gasteiger partial charge in [0.2, 0.25) is 0 Å². The molecule has 2 rings (SSSR count). The standard InChI is InChI=1S/C14H13NO/c1-12(13-7-3-2-4-8-13)11-14(16)15-9-5-6-10-15/h2-11H,1H3/b12-11+. The van der Waals surface area contributed by atoms with Gasteiger partial charge in [0.05, 0.1) is 0 Å². The third kappa shape index (κ3) is 2.28. The van der Waals surface area contributed by atoms with Crippen molar-refractivity contribution in [3.05, 3.63) is 66.5 Å². The summed E-state index contributed by atoms with van der Waals surface area (Å²) in [6, 6.07) is 13.6. The number of aromatic nitrogens is 1. The van der Waals surface area contributed by atoms with E-state index in [0.717, 1.165) is 11.1 Å². The molecule has 0 saturated carbocycles. The number of hydrogen-bond acceptors (Lipinski definition) is 1. The van der Waals surface area contributed by atoms with Gasteiger partial charge in [-0.3, -0.25) is 9.36 Å². The maximum atomic E-state index is 11.8. The first kappa shape index (κ1) is 10.4. The van der Waals surface area contributed by atoms with Crippen molar-refractivity contribution in [2.45, 2.75) is 6.92 Å². The lowest BCUT2D eigenvalue weighted by atomic mass is 10.1. The van der Waals surface area contributed by atoms with Crippen molar-refractivity contribution in [3.8, 4) is 0 Å². The van der Waals surface area contributed by atoms with E-state index >= 15 is 0 Å². The van der Waals surface area contributed by atoms with Crippen LogP contribution in [0.5, 0.6) is 0 Å². The first-order chi connectivity index (χ1) is 7.77. The lowest BCUT2D eigenvalue weighted by Crippen LogP contribution is -2.04. The fourth-order valence-electron chi connectivity index (χ4n) is 1.53. The van der Waals surface area contributed by atoms with Crippen molar-refractivity contribution in [1.82, 2.24) is 4.57 Å². The maximum absolute atomic E-state index is 11.8. The molecule has 0 spiro atoms. The van der Waals surface area contributed by atoms with Crippen LogP contribution in [0.2, 0.25) is 0 Å². The van der Waals surface area contributed by atoms with Crippen LogP contribution in [0.4, 0.5) is 0 Å². The average molecular weight is 211 g/mol. The van der Waals surface area contributed by atoms with Crippen molar-refractivity contribution in [3.63, 3.8) is 0 Å². The van der Waals surface area contributed by atoms with Gasteiger partial charge in [-0.1, -0.05) is 30.3 Å². The third-order valence-corrected chi connectivity index (χ3v) is 2.43. The van der Waals surface area contributed by atoms with E-state index in [-0.39, 0.29) is 5.91 Å². The van der Waals surface area contributed by atoms with Crippen LogP contribution in [0, 0.1) is 0 Å². The van der Waals surface area contributed by atoms with Gasteiger partial charge >= 0.3 is 0 Å². The molecule has 0 N–H and O–H groups in total. The summed E-state index contributed by atoms with van der Waals surface area (Å²) in [5, 5.41) is 0. The van der Waals surface area contributed by atoms with Crippen LogP contribution in [0.1, 0.15) is 17.3 Å². The van der Waals surface area contributed by atoms with E-state index in [1.807, 2.05) is 49.4 Å². The monoisotopic (exact) mass is 211 g/mol. The van der Waals surface area contributed by atoms with E-state index in [0.29, 0.717) is 0 Å². The van der Waals surface area contributed by atoms with E-state index in [1.54, 1.807) is 23.0 Å². The molecular weight excluding hydrogens is 198 g/mol. The van der Waals surface area contributed by atoms with E-state index < -0.39 is 0 Å². The van der Waals surface area contributed by atoms with Crippen molar-refractivity contribution in [1.29, 1.82) is 0 Å². The number of carbonyl (C=O) groups excluding carboxylic acids is 1. The minimum absolute atomic E-state index is 0.0219. The van der Waals surface area contributed by atoms with E-state index in [4.69, 9.17) is 0 Å². The normalized spacial score (nSPS) is 11.4. The number of carbonyl (C=O) groups is 1. The largest absolute Gasteiger partial charge is 0.291 e. The van der Waals surface area contributed by atoms with Gasteiger partial charge in [0.15, 0.2) is 0 Å². The summed E-state index contributed by atoms with van der Waals surface area (Å²) in [5.74, 6) is -0.0219. The highest BCUT2D eigenvalue weighted by atomic mass is 16.1. The Labute approximate surface area is 94.8 Å². The minimum atomic E-state index is -0.0219. The van der Waals surface area contributed by atoms with Crippen LogP contribution in [-0.2, 0) is 0 Å². The SMILES string of the molecule is C/C(=C\C(=O)n1cccc1)c1ccccc1. The molecule has 0 unspecified atom stereocenters. The van der Waals surface area contributed by atoms with Gasteiger partial charge in [-0.15, -0.1) is 0 Å². The van der Waals surface area contributed by atoms with Crippen molar-refractivity contribution in [2.24, 2.45) is 0 Å². The van der Waals surface area contributed by atoms with Crippen LogP contribution >= 0.6 is 0 Å². The van der Waals surface area contributed by atoms with Crippen molar-refractivity contribution >= 4 is 11.5 Å². The van der Waals surface area contributed by atoms with Crippen LogP contribution in [-0.4, -0.2) is 10.5 Å². The fraction of sp³-hybridized carbons (Fsp3) is 0.0714. The molecule has 2 aromatic rings. The van der Waals surface area contributed by atoms with Gasteiger partial charge in [0.25, 0.3) is 5.91 Å². The lowest BCUT2D eigenvalue weighted by molar-refractivity contribution is 0.0970. The zero-order valence-electron chi connectivity index (χ0n) is 9.13. The van der Waals surface area contributed by atoms with Crippen LogP contribution in [0.3, 0.4) is 0 Å². The Morgan fingerprint density at radius 2 is 1.69 bits per heavy atom. The quantitative estimate of drug-likeness (QED) is 0.699. The molecule has 1 heterocycles. The first-order valence-electron chi connectivity index (χ1n) is 5.18. The predicted octanol–water partition coefficient (Wildman–Crippen LogP) is 3.23. The summed E-state index contributed by atoms with van der Waals surface area (Å²) in [4.78, 5) is 11.8. The van der Waals surface area contributed by atoms with E-state index in [1.165, 1.54) is 0 Å². The number of allylic oxidation sites excluding steroid dienone is 2. The Hall–Kier alpha value is -2.09. The van der Waals surface area contributed by atoms with Crippen LogP contribution in [0.25, 0.3) is 5.57 Å². The summed E-state index contributed by atoms with van der Waals surface area (Å²) < 4.78 is 1.56. The molecule has 1 aromatic heterocycles. The van der Waals surface area contributed by atoms with Gasteiger partial charge < -0.3 is 0 Å². The van der Waals surface area contributed by atoms with Gasteiger partial charge in [-0.2, -0.15) is 0 Å². The molecule has 0 amide bonds. The molecule has 0 aliphatic carbocycles. The van der Waals surface area contributed by atoms with Gasteiger partial charge in [0.1, 0.15) is 0 Å². The highest BCUT2D eigenvalue weighted by Gasteiger charge is 2.01. The summed E-state index contributed by atoms with van der Waals surface area (Å²) in [6.45, 7) is 1.94. The fourth-order valence-corrected chi connectivity index (χ4v) is 1.53. The molecule has 0 radical (unpaired) electrons. The molecule has 2 heteroatoms. The molecule has 1 aromatic carbocycles. The summed E-state index contributed by atoms with van der Waals surface area (Å²) in [5.41, 5.74) is 2.04. The minimum Gasteiger partial charge on any atom is -0.291 e. The highest BCUT2D eigenvalue weighted by molar-refractivity contribution is 5.96. The second kappa shape index (κ2) is 4.62. The Kier molecular flexibility index (Phi) is 3.01. The lowest BCUT2D eigenvalue weighted by Gasteiger charge is -2.01. The number of rotatable bonds is 2. The molecule has 0 atom stereocenters. The average Bonchev–Trinajstić information content (AvgIpc) is 2.83. The number of benzene rings is 1. The molecule has 80 valence electrons. The maximum Gasteiger partial charge on any atom is 0.254 e. The topological polar surface area (TPSA) is 22.0 Å². The Bertz CT molecular complexity index is 495. The van der Waals surface area contributed by atoms with Gasteiger partial charge in [-0.25, -0.2) is 0 Å². The van der Waals surface area contributed by atoms with Crippen molar-refractivity contribution in [2.75, 3.05) is 0 Å². The molecule has 0 aliphatic rings. The third-order valence-electron chi connectivity index (χ3n) is 2.43. The van der Waals surface area contributed by atoms with E-state index in [9.17, 15) is 4.79 Å². The van der Waals surface area contributed by atoms with Crippen molar-refractivity contribution < 1.29 is 4.79 Å². The second-order valence-corrected chi connectivity index (χ2v) is 3.62. The molecule has 0 aliphatic heterocycles. The summed E-state index contributed by atoms with van der Waals surface area (Å²) >= 11 is 0. The first-order valence-corrected chi connectivity index (χ1v) is 5.18. The molecule has 0 bridgehead atoms. The molecule has 16 heavy (non-hydrogen) atoms. The zero-order valence-corrected chi connectivity index (χ0v) is 9.13. The van der Waals surface area contributed by atoms with E-state index in [2.05, 4.69) is 0 Å². The van der Waals surface area contributed by atoms with Crippen LogP contribution in [0.15, 0.2) is 60.9 Å². The zero-order chi connectivity index (χ0) is 11.4. The molecule has 0 saturated heterocycles. The molecule has 2 nitrogen and oxygen atoms in total. The smallest absolute Gasteiger partial charge is 0.254 e. The van der Waals surface area contributed by atoms with Gasteiger partial charge in [-0.05, 0) is 30.2 Å². The summed E-state index contributed by atoms with van der Waals surface area (Å²) in [6.07, 6.45) is 5.14. The number of nitrogens with zero attached hydrogens (tertiary/aromatic N) is 1. The number of hydrogen-bond donors (Lipinski definition) is 0. The highest BCUT2D eigenvalue weighted by Crippen LogP contribution is 2.12.